The predicted octanol–water partition coefficient (Wildman–Crippen LogP) is 1.88. The second-order valence-electron chi connectivity index (χ2n) is 16.5. The van der Waals surface area contributed by atoms with Crippen molar-refractivity contribution in [2.24, 2.45) is 50.0 Å². The maximum absolute atomic E-state index is 13.0. The molecule has 58 heavy (non-hydrogen) atoms. The first kappa shape index (κ1) is 46.4. The molecule has 330 valence electrons. The van der Waals surface area contributed by atoms with Crippen LogP contribution in [0.2, 0.25) is 0 Å². The molecule has 3 saturated carbocycles. The lowest BCUT2D eigenvalue weighted by Crippen LogP contribution is -2.78. The van der Waals surface area contributed by atoms with Crippen LogP contribution in [-0.4, -0.2) is 125 Å². The summed E-state index contributed by atoms with van der Waals surface area (Å²) < 4.78 is 1.24. The number of nitrogens with zero attached hydrogens (tertiary/aromatic N) is 5. The van der Waals surface area contributed by atoms with Crippen molar-refractivity contribution in [1.82, 2.24) is 36.5 Å². The maximum Gasteiger partial charge on any atom is 0.253 e. The number of aliphatic hydroxyl groups is 1. The van der Waals surface area contributed by atoms with Crippen LogP contribution in [0.3, 0.4) is 0 Å². The van der Waals surface area contributed by atoms with Gasteiger partial charge in [0.25, 0.3) is 5.56 Å². The summed E-state index contributed by atoms with van der Waals surface area (Å²) in [6.45, 7) is 5.28. The number of pyridine rings is 1. The monoisotopic (exact) mass is 827 g/mol. The van der Waals surface area contributed by atoms with Crippen LogP contribution >= 0.6 is 0 Å². The summed E-state index contributed by atoms with van der Waals surface area (Å²) in [5, 5.41) is 95.5. The molecule has 22 nitrogen and oxygen atoms in total. The molecule has 10 atom stereocenters. The zero-order valence-corrected chi connectivity index (χ0v) is 33.5. The van der Waals surface area contributed by atoms with Gasteiger partial charge in [0.15, 0.2) is 0 Å². The zero-order valence-electron chi connectivity index (χ0n) is 33.5. The molecule has 0 bridgehead atoms. The van der Waals surface area contributed by atoms with Crippen LogP contribution in [0.1, 0.15) is 70.3 Å². The van der Waals surface area contributed by atoms with E-state index < -0.39 is 6.29 Å². The Labute approximate surface area is 337 Å². The topological polar surface area (TPSA) is 302 Å². The molecule has 5 rings (SSSR count). The summed E-state index contributed by atoms with van der Waals surface area (Å²) in [6.07, 6.45) is 5.69. The van der Waals surface area contributed by atoms with Crippen LogP contribution in [0.4, 0.5) is 5.69 Å². The van der Waals surface area contributed by atoms with Gasteiger partial charge in [-0.05, 0) is 99.9 Å². The highest BCUT2D eigenvalue weighted by Crippen LogP contribution is 2.35. The van der Waals surface area contributed by atoms with Crippen molar-refractivity contribution in [3.05, 3.63) is 22.0 Å². The van der Waals surface area contributed by atoms with Crippen LogP contribution in [0, 0.1) is 36.5 Å². The van der Waals surface area contributed by atoms with E-state index in [0.29, 0.717) is 37.9 Å². The molecule has 1 saturated heterocycles. The Bertz CT molecular complexity index is 1470. The van der Waals surface area contributed by atoms with Gasteiger partial charge in [0.05, 0.1) is 51.2 Å². The molecular weight excluding hydrogens is 762 g/mol. The van der Waals surface area contributed by atoms with E-state index in [4.69, 9.17) is 31.3 Å². The van der Waals surface area contributed by atoms with E-state index in [1.807, 2.05) is 0 Å². The third kappa shape index (κ3) is 14.0. The highest BCUT2D eigenvalue weighted by atomic mass is 17.1. The summed E-state index contributed by atoms with van der Waals surface area (Å²) in [5.41, 5.74) is 0.284. The number of rotatable bonds is 21. The van der Waals surface area contributed by atoms with Crippen molar-refractivity contribution >= 4 is 5.69 Å². The average molecular weight is 828 g/mol. The van der Waals surface area contributed by atoms with Crippen molar-refractivity contribution in [3.8, 4) is 5.88 Å². The molecule has 4 fully saturated rings. The molecule has 3 aliphatic carbocycles. The zero-order chi connectivity index (χ0) is 41.4. The molecule has 1 aliphatic heterocycles. The number of aliphatic hydroxyl groups excluding tert-OH is 1. The molecule has 0 spiro atoms. The van der Waals surface area contributed by atoms with Gasteiger partial charge in [-0.3, -0.25) is 62.3 Å². The lowest BCUT2D eigenvalue weighted by molar-refractivity contribution is -0.263. The van der Waals surface area contributed by atoms with Gasteiger partial charge < -0.3 is 10.2 Å². The minimum absolute atomic E-state index is 0.0103. The van der Waals surface area contributed by atoms with Crippen molar-refractivity contribution < 1.29 is 50.8 Å². The predicted molar refractivity (Wildman–Crippen MR) is 208 cm³/mol. The van der Waals surface area contributed by atoms with Gasteiger partial charge in [0.2, 0.25) is 5.88 Å². The highest BCUT2D eigenvalue weighted by molar-refractivity contribution is 5.52. The first-order valence-corrected chi connectivity index (χ1v) is 20.5. The number of aromatic hydroxyl groups is 1. The van der Waals surface area contributed by atoms with E-state index in [9.17, 15) is 15.0 Å². The van der Waals surface area contributed by atoms with Gasteiger partial charge in [-0.1, -0.05) is 6.92 Å². The fourth-order valence-corrected chi connectivity index (χ4v) is 9.06. The Morgan fingerprint density at radius 3 is 1.81 bits per heavy atom. The largest absolute Gasteiger partial charge is 0.493 e. The number of nitrogens with one attached hydrogen (secondary N) is 6. The Kier molecular flexibility index (Phi) is 19.2. The Morgan fingerprint density at radius 2 is 1.28 bits per heavy atom. The van der Waals surface area contributed by atoms with Crippen LogP contribution < -0.4 is 37.5 Å². The van der Waals surface area contributed by atoms with Crippen molar-refractivity contribution in [2.45, 2.75) is 121 Å². The second kappa shape index (κ2) is 24.0. The molecule has 1 aromatic heterocycles. The van der Waals surface area contributed by atoms with E-state index in [-0.39, 0.29) is 123 Å². The normalized spacial score (nSPS) is 33.6. The Hall–Kier alpha value is -2.65. The van der Waals surface area contributed by atoms with E-state index in [2.05, 4.69) is 68.6 Å². The number of azo groups is 2. The minimum Gasteiger partial charge on any atom is -0.493 e. The highest BCUT2D eigenvalue weighted by Gasteiger charge is 2.34. The molecule has 2 heterocycles. The van der Waals surface area contributed by atoms with Gasteiger partial charge in [-0.15, -0.1) is 5.11 Å². The fourth-order valence-electron chi connectivity index (χ4n) is 9.06. The molecule has 0 radical (unpaired) electrons. The molecule has 22 heteroatoms. The minimum atomic E-state index is -0.423. The number of aromatic nitrogens is 1. The standard InChI is InChI=1S/C36H65N11O11/c1-21-9-27(3-4-30(21)45-43-28-13-23(17-55-51)11-24(14-28)18-56-52)39-36-41-34(40-35(42-36)38-6-8-48)37-5-7-47-31(49)10-22(2)32(33(47)50)46-44-29-15-25(19-57-53)12-26(16-29)20-58-54/h10,21,23-30,34-42,48,50-54H,3-9,11-20H2,1-2H3. The SMILES string of the molecule is Cc1cc(=O)n(CCNC2NC(NCCO)NC(NC3CCC(N=NC4CC(COO)CC(COO)C4)C(C)C3)N2)c(O)c1N=NC1CC(COO)CC(COO)C1. The summed E-state index contributed by atoms with van der Waals surface area (Å²) >= 11 is 0. The third-order valence-electron chi connectivity index (χ3n) is 11.8. The second-order valence-corrected chi connectivity index (χ2v) is 16.5. The van der Waals surface area contributed by atoms with Crippen molar-refractivity contribution in [2.75, 3.05) is 46.1 Å². The fraction of sp³-hybridized carbons (Fsp3) is 0.861. The Balaban J connectivity index is 1.14. The molecule has 1 aromatic rings. The van der Waals surface area contributed by atoms with Crippen molar-refractivity contribution in [3.63, 3.8) is 0 Å². The van der Waals surface area contributed by atoms with Crippen LogP contribution in [0.15, 0.2) is 31.3 Å². The number of hydrogen-bond donors (Lipinski definition) is 12. The van der Waals surface area contributed by atoms with Crippen molar-refractivity contribution in [1.29, 1.82) is 0 Å². The van der Waals surface area contributed by atoms with Crippen LogP contribution in [0.25, 0.3) is 0 Å². The van der Waals surface area contributed by atoms with E-state index in [1.54, 1.807) is 6.92 Å². The smallest absolute Gasteiger partial charge is 0.253 e. The lowest BCUT2D eigenvalue weighted by Gasteiger charge is -2.42. The average Bonchev–Trinajstić information content (AvgIpc) is 3.18. The molecule has 12 N–H and O–H groups in total. The lowest BCUT2D eigenvalue weighted by atomic mass is 9.79. The molecule has 4 aliphatic rings. The molecule has 0 amide bonds. The first-order chi connectivity index (χ1) is 28.1. The first-order valence-electron chi connectivity index (χ1n) is 20.5. The van der Waals surface area contributed by atoms with Gasteiger partial charge in [0, 0.05) is 31.7 Å². The van der Waals surface area contributed by atoms with E-state index in [0.717, 1.165) is 38.5 Å². The van der Waals surface area contributed by atoms with Gasteiger partial charge in [0.1, 0.15) is 24.6 Å². The van der Waals surface area contributed by atoms with E-state index in [1.165, 1.54) is 10.6 Å². The van der Waals surface area contributed by atoms with Gasteiger partial charge in [-0.2, -0.15) is 15.3 Å². The van der Waals surface area contributed by atoms with Crippen LogP contribution in [0.5, 0.6) is 5.88 Å². The number of aryl methyl sites for hydroxylation is 1. The van der Waals surface area contributed by atoms with E-state index >= 15 is 0 Å². The van der Waals surface area contributed by atoms with Gasteiger partial charge >= 0.3 is 0 Å². The Morgan fingerprint density at radius 1 is 0.741 bits per heavy atom. The van der Waals surface area contributed by atoms with Gasteiger partial charge in [-0.25, -0.2) is 19.6 Å². The molecule has 10 unspecified atom stereocenters. The third-order valence-corrected chi connectivity index (χ3v) is 11.8. The summed E-state index contributed by atoms with van der Waals surface area (Å²) in [7, 11) is 0. The maximum atomic E-state index is 13.0. The molecule has 0 aromatic carbocycles. The summed E-state index contributed by atoms with van der Waals surface area (Å²) in [4.78, 5) is 30.6. The summed E-state index contributed by atoms with van der Waals surface area (Å²) in [6, 6.07) is 1.39. The summed E-state index contributed by atoms with van der Waals surface area (Å²) in [5.74, 6) is 0.189. The molecular formula is C36H65N11O11. The quantitative estimate of drug-likeness (QED) is 0.0478. The number of hydrogen-bond acceptors (Lipinski definition) is 21. The van der Waals surface area contributed by atoms with Crippen LogP contribution in [-0.2, 0) is 26.1 Å².